The Bertz CT molecular complexity index is 1300. The Balaban J connectivity index is 1.38. The summed E-state index contributed by atoms with van der Waals surface area (Å²) in [6.07, 6.45) is 9.02. The first-order valence-electron chi connectivity index (χ1n) is 16.1. The van der Waals surface area contributed by atoms with Gasteiger partial charge in [0.2, 0.25) is 17.7 Å². The van der Waals surface area contributed by atoms with Gasteiger partial charge in [0.05, 0.1) is 42.4 Å². The molecular weight excluding hydrogens is 576 g/mol. The van der Waals surface area contributed by atoms with Crippen LogP contribution < -0.4 is 0 Å². The molecule has 0 bridgehead atoms. The molecule has 9 nitrogen and oxygen atoms in total. The first-order chi connectivity index (χ1) is 21.2. The first-order valence-corrected chi connectivity index (χ1v) is 17.0. The van der Waals surface area contributed by atoms with Crippen LogP contribution in [0.4, 0.5) is 0 Å². The first kappa shape index (κ1) is 31.3. The van der Waals surface area contributed by atoms with E-state index in [1.807, 2.05) is 60.1 Å². The van der Waals surface area contributed by atoms with E-state index in [1.165, 1.54) is 0 Å². The lowest BCUT2D eigenvalue weighted by Crippen LogP contribution is -2.58. The molecule has 1 spiro atoms. The van der Waals surface area contributed by atoms with Gasteiger partial charge in [-0.1, -0.05) is 74.9 Å². The smallest absolute Gasteiger partial charge is 0.247 e. The van der Waals surface area contributed by atoms with Crippen LogP contribution >= 0.6 is 11.8 Å². The number of carbonyl (C=O) groups is 3. The van der Waals surface area contributed by atoms with Crippen LogP contribution in [-0.4, -0.2) is 123 Å². The summed E-state index contributed by atoms with van der Waals surface area (Å²) in [5.74, 6) is -1.70. The highest BCUT2D eigenvalue weighted by Gasteiger charge is 2.74. The number of thioether (sulfide) groups is 1. The van der Waals surface area contributed by atoms with Gasteiger partial charge in [-0.25, -0.2) is 0 Å². The second kappa shape index (κ2) is 12.6. The maximum Gasteiger partial charge on any atom is 0.247 e. The largest absolute Gasteiger partial charge is 0.394 e. The maximum absolute atomic E-state index is 14.8. The van der Waals surface area contributed by atoms with E-state index in [1.54, 1.807) is 16.7 Å². The van der Waals surface area contributed by atoms with Gasteiger partial charge in [0.15, 0.2) is 0 Å². The molecule has 1 aromatic carbocycles. The number of carbonyl (C=O) groups excluding carboxylic acids is 3. The van der Waals surface area contributed by atoms with Crippen molar-refractivity contribution in [3.63, 3.8) is 0 Å². The average molecular weight is 623 g/mol. The second-order valence-corrected chi connectivity index (χ2v) is 14.9. The van der Waals surface area contributed by atoms with Crippen LogP contribution in [0.5, 0.6) is 0 Å². The number of rotatable bonds is 9. The molecule has 7 atom stereocenters. The van der Waals surface area contributed by atoms with E-state index in [9.17, 15) is 19.5 Å². The van der Waals surface area contributed by atoms with Crippen LogP contribution in [0.3, 0.4) is 0 Å². The number of fused-ring (bicyclic) bond motifs is 2. The minimum Gasteiger partial charge on any atom is -0.394 e. The van der Waals surface area contributed by atoms with Crippen molar-refractivity contribution in [2.24, 2.45) is 17.8 Å². The van der Waals surface area contributed by atoms with E-state index >= 15 is 0 Å². The zero-order valence-electron chi connectivity index (χ0n) is 26.1. The Morgan fingerprint density at radius 1 is 0.955 bits per heavy atom. The predicted molar refractivity (Wildman–Crippen MR) is 171 cm³/mol. The van der Waals surface area contributed by atoms with Crippen LogP contribution in [0.1, 0.15) is 32.8 Å². The molecule has 3 amide bonds. The Morgan fingerprint density at radius 3 is 2.36 bits per heavy atom. The zero-order chi connectivity index (χ0) is 31.1. The third-order valence-electron chi connectivity index (χ3n) is 10.5. The average Bonchev–Trinajstić information content (AvgIpc) is 3.31. The van der Waals surface area contributed by atoms with Crippen molar-refractivity contribution >= 4 is 29.5 Å². The number of aliphatic hydroxyl groups excluding tert-OH is 1. The Morgan fingerprint density at radius 2 is 1.66 bits per heavy atom. The summed E-state index contributed by atoms with van der Waals surface area (Å²) in [6.45, 7) is 11.6. The van der Waals surface area contributed by atoms with E-state index in [2.05, 4.69) is 30.1 Å². The van der Waals surface area contributed by atoms with Gasteiger partial charge in [-0.3, -0.25) is 19.3 Å². The topological polar surface area (TPSA) is 93.6 Å². The number of hydrogen-bond acceptors (Lipinski definition) is 7. The van der Waals surface area contributed by atoms with Crippen molar-refractivity contribution in [1.82, 2.24) is 19.6 Å². The zero-order valence-corrected chi connectivity index (χ0v) is 27.0. The number of hydrogen-bond donors (Lipinski definition) is 1. The number of morpholine rings is 1. The molecule has 6 rings (SSSR count). The lowest BCUT2D eigenvalue weighted by molar-refractivity contribution is -0.148. The molecule has 3 fully saturated rings. The molecule has 44 heavy (non-hydrogen) atoms. The van der Waals surface area contributed by atoms with Crippen LogP contribution in [0.2, 0.25) is 0 Å². The normalized spacial score (nSPS) is 33.6. The molecule has 3 saturated heterocycles. The molecule has 1 N–H and O–H groups in total. The third-order valence-corrected chi connectivity index (χ3v) is 12.3. The summed E-state index contributed by atoms with van der Waals surface area (Å²) >= 11 is 1.60. The summed E-state index contributed by atoms with van der Waals surface area (Å²) in [6, 6.07) is 8.62. The number of amides is 3. The molecule has 10 heteroatoms. The quantitative estimate of drug-likeness (QED) is 0.423. The third kappa shape index (κ3) is 5.31. The highest BCUT2D eigenvalue weighted by molar-refractivity contribution is 8.02. The number of ether oxygens (including phenoxy) is 1. The van der Waals surface area contributed by atoms with Crippen molar-refractivity contribution < 1.29 is 24.2 Å². The number of aliphatic hydroxyl groups is 1. The highest BCUT2D eigenvalue weighted by atomic mass is 32.2. The molecular formula is C34H46N4O5S. The molecule has 1 aromatic rings. The Kier molecular flexibility index (Phi) is 8.98. The second-order valence-electron chi connectivity index (χ2n) is 13.1. The fraction of sp³-hybridized carbons (Fsp3) is 0.618. The number of benzene rings is 1. The molecule has 0 aliphatic carbocycles. The fourth-order valence-corrected chi connectivity index (χ4v) is 10.1. The van der Waals surface area contributed by atoms with Gasteiger partial charge in [0.25, 0.3) is 0 Å². The van der Waals surface area contributed by atoms with Gasteiger partial charge >= 0.3 is 0 Å². The molecule has 5 aliphatic rings. The highest BCUT2D eigenvalue weighted by Crippen LogP contribution is 2.66. The van der Waals surface area contributed by atoms with E-state index in [0.717, 1.165) is 31.6 Å². The lowest BCUT2D eigenvalue weighted by atomic mass is 9.74. The van der Waals surface area contributed by atoms with Crippen LogP contribution in [0.25, 0.3) is 0 Å². The molecule has 0 saturated carbocycles. The SMILES string of the molecule is CC[C@H](C)[C@H](CO)N1C(=O)[C@@H]2[C@H]3C(=O)N(Cc4ccccc4)CC=C[C@@]3(C)S[C@@]23C=CCN(CCN2CCOCC2)C(=O)C13. The van der Waals surface area contributed by atoms with E-state index in [4.69, 9.17) is 4.74 Å². The molecule has 5 aliphatic heterocycles. The van der Waals surface area contributed by atoms with Gasteiger partial charge in [0, 0.05) is 50.6 Å². The predicted octanol–water partition coefficient (Wildman–Crippen LogP) is 2.41. The van der Waals surface area contributed by atoms with E-state index in [-0.39, 0.29) is 30.2 Å². The van der Waals surface area contributed by atoms with Crippen LogP contribution in [0.15, 0.2) is 54.6 Å². The van der Waals surface area contributed by atoms with Crippen molar-refractivity contribution in [3.05, 3.63) is 60.2 Å². The van der Waals surface area contributed by atoms with Crippen molar-refractivity contribution in [2.75, 3.05) is 59.1 Å². The van der Waals surface area contributed by atoms with Crippen LogP contribution in [-0.2, 0) is 25.7 Å². The lowest BCUT2D eigenvalue weighted by Gasteiger charge is -2.41. The summed E-state index contributed by atoms with van der Waals surface area (Å²) in [5.41, 5.74) is 1.04. The van der Waals surface area contributed by atoms with Gasteiger partial charge in [0.1, 0.15) is 6.04 Å². The van der Waals surface area contributed by atoms with Crippen molar-refractivity contribution in [1.29, 1.82) is 0 Å². The minimum absolute atomic E-state index is 0.0163. The Hall–Kier alpha value is -2.66. The standard InChI is InChI=1S/C34H46N4O5S/c1-4-24(2)26(23-39)38-29-32(42)36(17-16-35-18-20-43-21-19-35)14-9-13-34(29)28(31(38)41)27-30(40)37(15-8-12-33(27,3)44-34)22-25-10-6-5-7-11-25/h5-13,24,26-29,39H,4,14-23H2,1-3H3/t24-,26-,27-,28-,29?,33+,34-/m0/s1. The summed E-state index contributed by atoms with van der Waals surface area (Å²) < 4.78 is 3.93. The fourth-order valence-electron chi connectivity index (χ4n) is 7.96. The number of nitrogens with zero attached hydrogens (tertiary/aromatic N) is 4. The van der Waals surface area contributed by atoms with Gasteiger partial charge in [-0.15, -0.1) is 11.8 Å². The molecule has 0 aromatic heterocycles. The molecule has 238 valence electrons. The molecule has 1 unspecified atom stereocenters. The summed E-state index contributed by atoms with van der Waals surface area (Å²) in [4.78, 5) is 51.9. The van der Waals surface area contributed by atoms with Crippen molar-refractivity contribution in [2.45, 2.75) is 55.3 Å². The summed E-state index contributed by atoms with van der Waals surface area (Å²) in [7, 11) is 0. The minimum atomic E-state index is -0.919. The van der Waals surface area contributed by atoms with Crippen molar-refractivity contribution in [3.8, 4) is 0 Å². The van der Waals surface area contributed by atoms with E-state index < -0.39 is 33.4 Å². The van der Waals surface area contributed by atoms with Gasteiger partial charge in [-0.2, -0.15) is 0 Å². The molecule has 0 radical (unpaired) electrons. The monoisotopic (exact) mass is 622 g/mol. The maximum atomic E-state index is 14.8. The van der Waals surface area contributed by atoms with Gasteiger partial charge in [-0.05, 0) is 18.4 Å². The Labute approximate surface area is 265 Å². The van der Waals surface area contributed by atoms with Crippen LogP contribution in [0, 0.1) is 17.8 Å². The number of likely N-dealkylation sites (tertiary alicyclic amines) is 1. The van der Waals surface area contributed by atoms with E-state index in [0.29, 0.717) is 39.4 Å². The van der Waals surface area contributed by atoms with Gasteiger partial charge < -0.3 is 24.5 Å². The molecule has 5 heterocycles. The summed E-state index contributed by atoms with van der Waals surface area (Å²) in [5, 5.41) is 10.7.